The topological polar surface area (TPSA) is 81.7 Å². The Balaban J connectivity index is 1.48. The lowest BCUT2D eigenvalue weighted by molar-refractivity contribution is -0.115. The summed E-state index contributed by atoms with van der Waals surface area (Å²) >= 11 is 0. The number of amides is 3. The van der Waals surface area contributed by atoms with Gasteiger partial charge in [-0.15, -0.1) is 0 Å². The van der Waals surface area contributed by atoms with Crippen LogP contribution >= 0.6 is 0 Å². The van der Waals surface area contributed by atoms with E-state index in [4.69, 9.17) is 0 Å². The van der Waals surface area contributed by atoms with Crippen molar-refractivity contribution in [3.05, 3.63) is 54.0 Å². The summed E-state index contributed by atoms with van der Waals surface area (Å²) in [5, 5.41) is 2.26. The molecular weight excluding hydrogens is 344 g/mol. The average molecular weight is 364 g/mol. The largest absolute Gasteiger partial charge is 0.368 e. The average Bonchev–Trinajstić information content (AvgIpc) is 2.95. The third-order valence-electron chi connectivity index (χ3n) is 4.75. The number of urea groups is 1. The summed E-state index contributed by atoms with van der Waals surface area (Å²) in [6, 6.07) is 11.6. The molecule has 1 aromatic carbocycles. The monoisotopic (exact) mass is 364 g/mol. The predicted octanol–water partition coefficient (Wildman–Crippen LogP) is 1.33. The summed E-state index contributed by atoms with van der Waals surface area (Å²) < 4.78 is 0. The highest BCUT2D eigenvalue weighted by atomic mass is 16.2. The molecule has 0 spiro atoms. The van der Waals surface area contributed by atoms with Gasteiger partial charge in [0.25, 0.3) is 5.91 Å². The predicted molar refractivity (Wildman–Crippen MR) is 102 cm³/mol. The van der Waals surface area contributed by atoms with Crippen molar-refractivity contribution in [2.75, 3.05) is 43.0 Å². The minimum absolute atomic E-state index is 0.276. The Morgan fingerprint density at radius 1 is 1.00 bits per heavy atom. The summed E-state index contributed by atoms with van der Waals surface area (Å²) in [7, 11) is 1.55. The highest BCUT2D eigenvalue weighted by Gasteiger charge is 2.29. The fourth-order valence-electron chi connectivity index (χ4n) is 3.21. The van der Waals surface area contributed by atoms with Gasteiger partial charge in [0.05, 0.1) is 5.69 Å². The molecule has 1 N–H and O–H groups in total. The second-order valence-corrected chi connectivity index (χ2v) is 6.44. The molecule has 0 radical (unpaired) electrons. The third-order valence-corrected chi connectivity index (χ3v) is 4.75. The quantitative estimate of drug-likeness (QED) is 0.654. The molecule has 0 atom stereocenters. The van der Waals surface area contributed by atoms with E-state index in [-0.39, 0.29) is 5.70 Å². The van der Waals surface area contributed by atoms with E-state index >= 15 is 0 Å². The molecule has 1 aromatic heterocycles. The smallest absolute Gasteiger partial charge is 0.328 e. The molecule has 27 heavy (non-hydrogen) atoms. The number of carbonyl (C=O) groups is 2. The van der Waals surface area contributed by atoms with Gasteiger partial charge in [-0.05, 0) is 24.3 Å². The van der Waals surface area contributed by atoms with Gasteiger partial charge in [-0.1, -0.05) is 18.2 Å². The van der Waals surface area contributed by atoms with Crippen LogP contribution in [0.1, 0.15) is 5.69 Å². The molecule has 0 saturated carbocycles. The zero-order valence-corrected chi connectivity index (χ0v) is 15.0. The van der Waals surface area contributed by atoms with Crippen molar-refractivity contribution >= 4 is 29.7 Å². The zero-order valence-electron chi connectivity index (χ0n) is 15.0. The molecule has 3 heterocycles. The summed E-state index contributed by atoms with van der Waals surface area (Å²) in [6.45, 7) is 3.40. The maximum absolute atomic E-state index is 11.9. The van der Waals surface area contributed by atoms with Crippen LogP contribution in [-0.2, 0) is 4.79 Å². The molecule has 4 rings (SSSR count). The highest BCUT2D eigenvalue weighted by Crippen LogP contribution is 2.19. The number of piperazine rings is 1. The lowest BCUT2D eigenvalue weighted by Crippen LogP contribution is -2.47. The molecule has 2 fully saturated rings. The summed E-state index contributed by atoms with van der Waals surface area (Å²) in [6.07, 6.45) is 3.28. The Morgan fingerprint density at radius 3 is 2.37 bits per heavy atom. The van der Waals surface area contributed by atoms with Crippen LogP contribution in [0.4, 0.5) is 16.4 Å². The van der Waals surface area contributed by atoms with E-state index in [9.17, 15) is 9.59 Å². The van der Waals surface area contributed by atoms with Gasteiger partial charge in [0.2, 0.25) is 5.95 Å². The molecule has 3 amide bonds. The van der Waals surface area contributed by atoms with Crippen LogP contribution in [0.2, 0.25) is 0 Å². The van der Waals surface area contributed by atoms with Crippen molar-refractivity contribution in [3.8, 4) is 0 Å². The summed E-state index contributed by atoms with van der Waals surface area (Å²) in [5.74, 6) is 0.212. The second-order valence-electron chi connectivity index (χ2n) is 6.44. The number of hydrogen-bond acceptors (Lipinski definition) is 6. The first-order valence-corrected chi connectivity index (χ1v) is 8.80. The van der Waals surface area contributed by atoms with Gasteiger partial charge in [-0.3, -0.25) is 15.0 Å². The molecule has 2 saturated heterocycles. The van der Waals surface area contributed by atoms with Crippen LogP contribution < -0.4 is 15.1 Å². The van der Waals surface area contributed by atoms with Crippen LogP contribution in [0.25, 0.3) is 6.08 Å². The summed E-state index contributed by atoms with van der Waals surface area (Å²) in [5.41, 5.74) is 2.09. The van der Waals surface area contributed by atoms with Crippen molar-refractivity contribution in [2.24, 2.45) is 0 Å². The number of likely N-dealkylation sites (N-methyl/N-ethyl adjacent to an activating group) is 1. The van der Waals surface area contributed by atoms with E-state index in [1.807, 2.05) is 18.2 Å². The minimum atomic E-state index is -0.433. The Kier molecular flexibility index (Phi) is 4.45. The second kappa shape index (κ2) is 7.06. The normalized spacial score (nSPS) is 19.0. The van der Waals surface area contributed by atoms with E-state index < -0.39 is 11.9 Å². The van der Waals surface area contributed by atoms with E-state index in [0.29, 0.717) is 11.6 Å². The number of carbonyl (C=O) groups excluding carboxylic acids is 2. The maximum atomic E-state index is 11.9. The Hall–Kier alpha value is -3.42. The van der Waals surface area contributed by atoms with Gasteiger partial charge in [0, 0.05) is 45.1 Å². The van der Waals surface area contributed by atoms with Crippen molar-refractivity contribution < 1.29 is 9.59 Å². The first-order valence-electron chi connectivity index (χ1n) is 8.80. The Labute approximate surface area is 157 Å². The SMILES string of the molecule is CN1C(=O)NC(=O)/C1=C\c1ccnc(N2CCN(c3ccccc3)CC2)n1. The van der Waals surface area contributed by atoms with E-state index in [1.54, 1.807) is 25.4 Å². The molecule has 0 unspecified atom stereocenters. The maximum Gasteiger partial charge on any atom is 0.328 e. The number of hydrogen-bond donors (Lipinski definition) is 1. The Bertz CT molecular complexity index is 890. The van der Waals surface area contributed by atoms with Gasteiger partial charge in [-0.25, -0.2) is 14.8 Å². The third kappa shape index (κ3) is 3.46. The standard InChI is InChI=1S/C19H20N6O2/c1-23-16(17(26)22-19(23)27)13-14-7-8-20-18(21-14)25-11-9-24(10-12-25)15-5-3-2-4-6-15/h2-8,13H,9-12H2,1H3,(H,22,26,27)/b16-13+. The molecule has 2 aliphatic rings. The summed E-state index contributed by atoms with van der Waals surface area (Å²) in [4.78, 5) is 38.1. The van der Waals surface area contributed by atoms with Crippen molar-refractivity contribution in [1.29, 1.82) is 0 Å². The fourth-order valence-corrected chi connectivity index (χ4v) is 3.21. The number of benzene rings is 1. The first-order chi connectivity index (χ1) is 13.1. The van der Waals surface area contributed by atoms with Crippen LogP contribution in [0.3, 0.4) is 0 Å². The molecule has 8 heteroatoms. The van der Waals surface area contributed by atoms with E-state index in [2.05, 4.69) is 37.2 Å². The number of para-hydroxylation sites is 1. The van der Waals surface area contributed by atoms with Crippen molar-refractivity contribution in [2.45, 2.75) is 0 Å². The van der Waals surface area contributed by atoms with E-state index in [0.717, 1.165) is 26.2 Å². The number of imide groups is 1. The molecule has 2 aliphatic heterocycles. The van der Waals surface area contributed by atoms with Gasteiger partial charge in [0.15, 0.2) is 0 Å². The van der Waals surface area contributed by atoms with Gasteiger partial charge in [0.1, 0.15) is 5.70 Å². The molecule has 2 aromatic rings. The van der Waals surface area contributed by atoms with Gasteiger partial charge < -0.3 is 9.80 Å². The number of rotatable bonds is 3. The molecular formula is C19H20N6O2. The number of anilines is 2. The molecule has 0 aliphatic carbocycles. The molecule has 138 valence electrons. The number of nitrogens with one attached hydrogen (secondary N) is 1. The van der Waals surface area contributed by atoms with Gasteiger partial charge >= 0.3 is 6.03 Å². The van der Waals surface area contributed by atoms with Crippen LogP contribution in [0.5, 0.6) is 0 Å². The Morgan fingerprint density at radius 2 is 1.70 bits per heavy atom. The highest BCUT2D eigenvalue weighted by molar-refractivity contribution is 6.13. The minimum Gasteiger partial charge on any atom is -0.368 e. The first kappa shape index (κ1) is 17.0. The van der Waals surface area contributed by atoms with Gasteiger partial charge in [-0.2, -0.15) is 0 Å². The van der Waals surface area contributed by atoms with Crippen LogP contribution in [0, 0.1) is 0 Å². The lowest BCUT2D eigenvalue weighted by Gasteiger charge is -2.36. The zero-order chi connectivity index (χ0) is 18.8. The van der Waals surface area contributed by atoms with E-state index in [1.165, 1.54) is 10.6 Å². The van der Waals surface area contributed by atoms with Crippen molar-refractivity contribution in [3.63, 3.8) is 0 Å². The van der Waals surface area contributed by atoms with Crippen LogP contribution in [-0.4, -0.2) is 60.0 Å². The molecule has 8 nitrogen and oxygen atoms in total. The number of nitrogens with zero attached hydrogens (tertiary/aromatic N) is 5. The van der Waals surface area contributed by atoms with Crippen molar-refractivity contribution in [1.82, 2.24) is 20.2 Å². The van der Waals surface area contributed by atoms with Crippen LogP contribution in [0.15, 0.2) is 48.3 Å². The lowest BCUT2D eigenvalue weighted by atomic mass is 10.2. The fraction of sp³-hybridized carbons (Fsp3) is 0.263. The number of aromatic nitrogens is 2. The molecule has 0 bridgehead atoms.